The third-order valence-corrected chi connectivity index (χ3v) is 26.3. The van der Waals surface area contributed by atoms with Crippen molar-refractivity contribution in [3.63, 3.8) is 0 Å². The molecule has 0 saturated heterocycles. The van der Waals surface area contributed by atoms with Gasteiger partial charge in [-0.15, -0.1) is 13.2 Å². The van der Waals surface area contributed by atoms with Gasteiger partial charge in [-0.1, -0.05) is 234 Å². The molecular weight excluding hydrogens is 1920 g/mol. The van der Waals surface area contributed by atoms with E-state index in [9.17, 15) is 37.1 Å². The fourth-order valence-corrected chi connectivity index (χ4v) is 18.8. The van der Waals surface area contributed by atoms with Crippen molar-refractivity contribution in [3.8, 4) is 100 Å². The maximum atomic E-state index is 12.5. The van der Waals surface area contributed by atoms with Gasteiger partial charge < -0.3 is 45.5 Å². The molecule has 20 rings (SSSR count). The fraction of sp³-hybridized carbons (Fsp3) is 0.122. The molecule has 20 aromatic rings. The molecule has 0 bridgehead atoms. The average molecular weight is 2020 g/mol. The number of hydrogen-bond acceptors (Lipinski definition) is 23. The van der Waals surface area contributed by atoms with Crippen LogP contribution in [0.4, 0.5) is 39.5 Å². The van der Waals surface area contributed by atoms with Crippen molar-refractivity contribution >= 4 is 132 Å². The van der Waals surface area contributed by atoms with Crippen LogP contribution >= 0.6 is 45.3 Å². The summed E-state index contributed by atoms with van der Waals surface area (Å²) in [5.74, 6) is 1.74. The maximum Gasteiger partial charge on any atom is 0.573 e. The predicted molar refractivity (Wildman–Crippen MR) is 576 cm³/mol. The van der Waals surface area contributed by atoms with Crippen LogP contribution in [0.15, 0.2) is 353 Å². The molecule has 31 heteroatoms. The quantitative estimate of drug-likeness (QED) is 0.0319. The Morgan fingerprint density at radius 2 is 0.616 bits per heavy atom. The highest BCUT2D eigenvalue weighted by Crippen LogP contribution is 2.37. The number of ether oxygens (including phenoxy) is 4. The third kappa shape index (κ3) is 29.2. The monoisotopic (exact) mass is 2020 g/mol. The van der Waals surface area contributed by atoms with Crippen LogP contribution < -0.4 is 45.5 Å². The van der Waals surface area contributed by atoms with Crippen LogP contribution in [0.5, 0.6) is 23.1 Å². The molecule has 0 atom stereocenters. The van der Waals surface area contributed by atoms with Crippen molar-refractivity contribution in [2.45, 2.75) is 72.6 Å². The zero-order valence-electron chi connectivity index (χ0n) is 80.1. The molecule has 0 fully saturated rings. The van der Waals surface area contributed by atoms with Crippen molar-refractivity contribution in [1.82, 2.24) is 49.8 Å². The van der Waals surface area contributed by atoms with E-state index in [1.54, 1.807) is 46.1 Å². The Bertz CT molecular complexity index is 7730. The minimum absolute atomic E-state index is 0.0681. The zero-order valence-corrected chi connectivity index (χ0v) is 83.4. The highest BCUT2D eigenvalue weighted by molar-refractivity contribution is 7.23. The second-order valence-corrected chi connectivity index (χ2v) is 37.4. The lowest BCUT2D eigenvalue weighted by atomic mass is 10.0. The Morgan fingerprint density at radius 3 is 0.986 bits per heavy atom. The predicted octanol–water partition coefficient (Wildman–Crippen LogP) is 26.1. The number of anilines is 5. The number of nitrogens with zero attached hydrogens (tertiary/aromatic N) is 10. The number of benzene rings is 10. The first kappa shape index (κ1) is 102. The van der Waals surface area contributed by atoms with Crippen LogP contribution in [-0.4, -0.2) is 107 Å². The van der Waals surface area contributed by atoms with Gasteiger partial charge in [0.1, 0.15) is 23.1 Å². The van der Waals surface area contributed by atoms with Crippen LogP contribution in [0.25, 0.3) is 108 Å². The maximum absolute atomic E-state index is 12.5. The third-order valence-electron chi connectivity index (χ3n) is 22.5. The van der Waals surface area contributed by atoms with Gasteiger partial charge in [-0.2, -0.15) is 0 Å². The number of nitrogens with one attached hydrogen (secondary N) is 5. The number of hydrogen-bond donors (Lipinski definition) is 5. The summed E-state index contributed by atoms with van der Waals surface area (Å²) in [6.45, 7) is 7.97. The van der Waals surface area contributed by atoms with Gasteiger partial charge in [-0.3, -0.25) is 43.9 Å². The van der Waals surface area contributed by atoms with Crippen LogP contribution in [0, 0.1) is 20.8 Å². The lowest BCUT2D eigenvalue weighted by Crippen LogP contribution is -2.16. The molecule has 730 valence electrons. The normalized spacial score (nSPS) is 10.8. The Kier molecular flexibility index (Phi) is 34.1. The topological polar surface area (TPSA) is 311 Å². The number of halogens is 3. The number of pyridine rings is 6. The van der Waals surface area contributed by atoms with Gasteiger partial charge in [-0.25, -0.2) is 29.9 Å². The number of methoxy groups -OCH3 is 3. The highest BCUT2D eigenvalue weighted by atomic mass is 32.1. The number of aryl methyl sites for hydroxylation is 4. The molecule has 146 heavy (non-hydrogen) atoms. The highest BCUT2D eigenvalue weighted by Gasteiger charge is 2.31. The molecule has 0 aliphatic heterocycles. The Hall–Kier alpha value is -17.3. The molecule has 24 nitrogen and oxygen atoms in total. The molecule has 0 unspecified atom stereocenters. The van der Waals surface area contributed by atoms with E-state index < -0.39 is 6.36 Å². The molecule has 5 N–H and O–H groups in total. The summed E-state index contributed by atoms with van der Waals surface area (Å²) in [6.07, 6.45) is 9.91. The first-order valence-corrected chi connectivity index (χ1v) is 49.4. The summed E-state index contributed by atoms with van der Waals surface area (Å²) in [7, 11) is 4.85. The Balaban J connectivity index is 0.000000131. The molecule has 10 aromatic heterocycles. The summed E-state index contributed by atoms with van der Waals surface area (Å²) >= 11 is 5.43. The van der Waals surface area contributed by atoms with E-state index in [4.69, 9.17) is 14.2 Å². The van der Waals surface area contributed by atoms with Crippen LogP contribution in [0.2, 0.25) is 0 Å². The second kappa shape index (κ2) is 48.9. The molecule has 10 aromatic carbocycles. The number of amides is 5. The van der Waals surface area contributed by atoms with Gasteiger partial charge in [-0.05, 0) is 243 Å². The van der Waals surface area contributed by atoms with Gasteiger partial charge in [0.25, 0.3) is 0 Å². The number of carbonyl (C=O) groups excluding carboxylic acids is 5. The molecule has 0 saturated carbocycles. The van der Waals surface area contributed by atoms with E-state index in [-0.39, 0.29) is 48.1 Å². The van der Waals surface area contributed by atoms with E-state index in [0.717, 1.165) is 177 Å². The molecule has 0 spiro atoms. The summed E-state index contributed by atoms with van der Waals surface area (Å²) in [4.78, 5) is 106. The molecule has 10 heterocycles. The summed E-state index contributed by atoms with van der Waals surface area (Å²) in [5, 5.41) is 16.4. The zero-order chi connectivity index (χ0) is 102. The number of thiazole rings is 4. The van der Waals surface area contributed by atoms with Gasteiger partial charge >= 0.3 is 6.36 Å². The molecule has 0 radical (unpaired) electrons. The molecule has 0 aliphatic carbocycles. The number of alkyl halides is 3. The van der Waals surface area contributed by atoms with Gasteiger partial charge in [0, 0.05) is 78.3 Å². The van der Waals surface area contributed by atoms with Crippen molar-refractivity contribution in [2.24, 2.45) is 0 Å². The smallest absolute Gasteiger partial charge is 0.497 e. The summed E-state index contributed by atoms with van der Waals surface area (Å²) in [5.41, 5.74) is 24.8. The van der Waals surface area contributed by atoms with E-state index in [2.05, 4.69) is 100 Å². The van der Waals surface area contributed by atoms with Crippen molar-refractivity contribution < 1.29 is 56.1 Å². The number of carbonyl (C=O) groups is 5. The standard InChI is InChI=1S/C25H21N3O.C23H21N3O2S.C23H19N3OS.C22H16F3N3O2S.C22H19N3O3S/c1-18-15-22(11-13-26-18)21-9-7-19(8-10-21)16-25(29)28-24-17-23(12-14-27-24)20-5-3-2-4-6-20;1-3-18-13-17(10-11-24-18)16-6-4-15(5-7-16)12-22(27)26-23-25-20-9-8-19(28-2)14-21(20)29-23;1-16-13-20(11-12-24-16)18-9-7-17(8-10-18)14-22(27)26-23-25-15-21(28-23)19-5-3-2-4-6-19;1-13-10-16(8-9-26-13)15-4-2-14(3-5-15)11-20(29)28-21-27-18-7-6-17(12-19(18)31-21)30-22(23,24)25;1-27-17-7-8-18-19(13-17)29-22(24-18)25-20(26)11-14-3-5-15(6-4-14)16-9-10-23-21(12-16)28-2/h2-15,17H,16H2,1H3,(H,27,28,29);4-11,13-14H,3,12H2,1-2H3,(H,25,26,27);2-13,15H,14H2,1H3,(H,25,26,27);2-10,12H,11H2,1H3,(H,27,28,29);3-10,12-13H,11H2,1-2H3,(H,24,25,26). The summed E-state index contributed by atoms with van der Waals surface area (Å²) in [6, 6.07) is 98.6. The van der Waals surface area contributed by atoms with E-state index in [0.29, 0.717) is 61.7 Å². The molecule has 5 amide bonds. The Labute approximate surface area is 856 Å². The molecule has 0 aliphatic rings. The van der Waals surface area contributed by atoms with Crippen molar-refractivity contribution in [3.05, 3.63) is 403 Å². The summed E-state index contributed by atoms with van der Waals surface area (Å²) < 4.78 is 59.1. The Morgan fingerprint density at radius 1 is 0.295 bits per heavy atom. The van der Waals surface area contributed by atoms with Crippen molar-refractivity contribution in [2.75, 3.05) is 47.9 Å². The number of rotatable bonds is 27. The first-order valence-electron chi connectivity index (χ1n) is 46.2. The minimum atomic E-state index is -4.76. The lowest BCUT2D eigenvalue weighted by Gasteiger charge is -2.08. The van der Waals surface area contributed by atoms with E-state index >= 15 is 0 Å². The van der Waals surface area contributed by atoms with Gasteiger partial charge in [0.05, 0.1) is 89.0 Å². The van der Waals surface area contributed by atoms with E-state index in [1.165, 1.54) is 52.2 Å². The van der Waals surface area contributed by atoms with Crippen LogP contribution in [-0.2, 0) is 62.5 Å². The van der Waals surface area contributed by atoms with Gasteiger partial charge in [0.15, 0.2) is 20.5 Å². The first-order chi connectivity index (χ1) is 70.9. The van der Waals surface area contributed by atoms with Crippen LogP contribution in [0.3, 0.4) is 0 Å². The van der Waals surface area contributed by atoms with E-state index in [1.807, 2.05) is 318 Å². The SMILES string of the molecule is CCc1cc(-c2ccc(CC(=O)Nc3nc4ccc(OC)cc4s3)cc2)ccn1.COc1ccc2nc(NC(=O)Cc3ccc(-c4ccnc(OC)c4)cc3)sc2c1.Cc1cc(-c2ccc(CC(=O)Nc3cc(-c4ccccc4)ccn3)cc2)ccn1.Cc1cc(-c2ccc(CC(=O)Nc3nc4ccc(OC(F)(F)F)cc4s3)cc2)ccn1.Cc1cc(-c2ccc(CC(=O)Nc3ncc(-c4ccccc4)s3)cc2)ccn1. The molecular formula is C115H96F3N15O9S4. The largest absolute Gasteiger partial charge is 0.573 e. The number of aromatic nitrogens is 10. The van der Waals surface area contributed by atoms with Crippen molar-refractivity contribution in [1.29, 1.82) is 0 Å². The average Bonchev–Trinajstić information content (AvgIpc) is 1.67. The minimum Gasteiger partial charge on any atom is -0.497 e. The fourth-order valence-electron chi connectivity index (χ4n) is 15.3. The van der Waals surface area contributed by atoms with Gasteiger partial charge in [0.2, 0.25) is 35.4 Å². The number of fused-ring (bicyclic) bond motifs is 3. The lowest BCUT2D eigenvalue weighted by molar-refractivity contribution is -0.274. The van der Waals surface area contributed by atoms with Crippen LogP contribution in [0.1, 0.15) is 57.5 Å². The second-order valence-electron chi connectivity index (χ2n) is 33.2.